The zero-order valence-electron chi connectivity index (χ0n) is 15.5. The van der Waals surface area contributed by atoms with Crippen LogP contribution < -0.4 is 10.1 Å². The van der Waals surface area contributed by atoms with E-state index in [0.717, 1.165) is 36.3 Å². The van der Waals surface area contributed by atoms with Gasteiger partial charge in [0.15, 0.2) is 0 Å². The summed E-state index contributed by atoms with van der Waals surface area (Å²) < 4.78 is 6.31. The van der Waals surface area contributed by atoms with Crippen LogP contribution >= 0.6 is 11.8 Å². The molecular formula is C22H27NO2S. The van der Waals surface area contributed by atoms with Crippen molar-refractivity contribution in [3.63, 3.8) is 0 Å². The molecule has 0 fully saturated rings. The lowest BCUT2D eigenvalue weighted by Crippen LogP contribution is -2.44. The van der Waals surface area contributed by atoms with Gasteiger partial charge in [0.25, 0.3) is 0 Å². The molecule has 0 radical (unpaired) electrons. The van der Waals surface area contributed by atoms with Gasteiger partial charge in [-0.3, -0.25) is 4.79 Å². The first-order valence-electron chi connectivity index (χ1n) is 9.41. The molecule has 138 valence electrons. The molecule has 0 saturated heterocycles. The number of benzene rings is 2. The van der Waals surface area contributed by atoms with Crippen LogP contribution in [0.15, 0.2) is 59.5 Å². The average molecular weight is 370 g/mol. The second-order valence-corrected chi connectivity index (χ2v) is 7.93. The second kappa shape index (κ2) is 8.63. The summed E-state index contributed by atoms with van der Waals surface area (Å²) in [6, 6.07) is 18.3. The van der Waals surface area contributed by atoms with Crippen molar-refractivity contribution in [3.05, 3.63) is 60.2 Å². The molecule has 1 amide bonds. The fourth-order valence-corrected chi connectivity index (χ4v) is 4.35. The van der Waals surface area contributed by atoms with Gasteiger partial charge in [0.2, 0.25) is 5.91 Å². The van der Waals surface area contributed by atoms with Crippen LogP contribution in [0, 0.1) is 0 Å². The van der Waals surface area contributed by atoms with Gasteiger partial charge >= 0.3 is 0 Å². The number of rotatable bonds is 7. The fraction of sp³-hybridized carbons (Fsp3) is 0.409. The second-order valence-electron chi connectivity index (χ2n) is 6.77. The van der Waals surface area contributed by atoms with E-state index in [-0.39, 0.29) is 17.6 Å². The number of amides is 1. The van der Waals surface area contributed by atoms with Gasteiger partial charge in [0.05, 0.1) is 6.04 Å². The number of carbonyl (C=O) groups is 1. The molecule has 2 aromatic rings. The average Bonchev–Trinajstić information content (AvgIpc) is 2.68. The van der Waals surface area contributed by atoms with E-state index >= 15 is 0 Å². The van der Waals surface area contributed by atoms with E-state index < -0.39 is 0 Å². The lowest BCUT2D eigenvalue weighted by Gasteiger charge is -2.41. The minimum absolute atomic E-state index is 0.0223. The summed E-state index contributed by atoms with van der Waals surface area (Å²) in [5.74, 6) is 1.80. The Hall–Kier alpha value is -1.94. The third kappa shape index (κ3) is 4.42. The predicted molar refractivity (Wildman–Crippen MR) is 108 cm³/mol. The highest BCUT2D eigenvalue weighted by Crippen LogP contribution is 2.42. The van der Waals surface area contributed by atoms with Gasteiger partial charge in [-0.05, 0) is 31.0 Å². The molecule has 3 rings (SSSR count). The zero-order valence-corrected chi connectivity index (χ0v) is 16.4. The van der Waals surface area contributed by atoms with Gasteiger partial charge in [-0.15, -0.1) is 11.8 Å². The molecule has 1 aliphatic heterocycles. The summed E-state index contributed by atoms with van der Waals surface area (Å²) in [4.78, 5) is 13.7. The van der Waals surface area contributed by atoms with E-state index in [1.165, 1.54) is 4.90 Å². The molecule has 1 heterocycles. The lowest BCUT2D eigenvalue weighted by atomic mass is 9.83. The summed E-state index contributed by atoms with van der Waals surface area (Å²) in [5.41, 5.74) is 0.902. The van der Waals surface area contributed by atoms with Crippen LogP contribution in [0.3, 0.4) is 0 Å². The van der Waals surface area contributed by atoms with Crippen molar-refractivity contribution in [3.8, 4) is 5.75 Å². The van der Waals surface area contributed by atoms with Crippen LogP contribution in [-0.2, 0) is 4.79 Å². The number of thioether (sulfide) groups is 1. The predicted octanol–water partition coefficient (Wildman–Crippen LogP) is 5.37. The minimum Gasteiger partial charge on any atom is -0.487 e. The number of nitrogens with one attached hydrogen (secondary N) is 1. The van der Waals surface area contributed by atoms with Crippen LogP contribution in [0.25, 0.3) is 0 Å². The molecule has 0 aromatic heterocycles. The molecule has 0 saturated carbocycles. The van der Waals surface area contributed by atoms with Crippen molar-refractivity contribution in [2.75, 3.05) is 5.75 Å². The number of fused-ring (bicyclic) bond motifs is 1. The maximum absolute atomic E-state index is 12.5. The minimum atomic E-state index is -0.189. The standard InChI is InChI=1S/C22H27NO2S/c1-3-22(4-2)16-19(18-12-8-9-13-20(18)25-22)23-21(24)14-15-26-17-10-6-5-7-11-17/h5-13,19H,3-4,14-16H2,1-2H3,(H,23,24). The van der Waals surface area contributed by atoms with E-state index in [1.54, 1.807) is 11.8 Å². The lowest BCUT2D eigenvalue weighted by molar-refractivity contribution is -0.122. The summed E-state index contributed by atoms with van der Waals surface area (Å²) >= 11 is 1.72. The van der Waals surface area contributed by atoms with E-state index in [2.05, 4.69) is 37.4 Å². The number of hydrogen-bond acceptors (Lipinski definition) is 3. The van der Waals surface area contributed by atoms with E-state index in [9.17, 15) is 4.79 Å². The Kier molecular flexibility index (Phi) is 6.25. The van der Waals surface area contributed by atoms with E-state index in [0.29, 0.717) is 6.42 Å². The third-order valence-corrected chi connectivity index (χ3v) is 6.18. The monoisotopic (exact) mass is 369 g/mol. The van der Waals surface area contributed by atoms with Crippen LogP contribution in [0.4, 0.5) is 0 Å². The van der Waals surface area contributed by atoms with Crippen LogP contribution in [-0.4, -0.2) is 17.3 Å². The summed E-state index contributed by atoms with van der Waals surface area (Å²) in [7, 11) is 0. The van der Waals surface area contributed by atoms with Crippen LogP contribution in [0.2, 0.25) is 0 Å². The van der Waals surface area contributed by atoms with Gasteiger partial charge < -0.3 is 10.1 Å². The first kappa shape index (κ1) is 18.8. The first-order valence-corrected chi connectivity index (χ1v) is 10.4. The van der Waals surface area contributed by atoms with Gasteiger partial charge in [0, 0.05) is 29.1 Å². The molecule has 0 bridgehead atoms. The van der Waals surface area contributed by atoms with Crippen molar-refractivity contribution in [1.29, 1.82) is 0 Å². The largest absolute Gasteiger partial charge is 0.487 e. The van der Waals surface area contributed by atoms with Crippen molar-refractivity contribution >= 4 is 17.7 Å². The molecule has 2 aromatic carbocycles. The Balaban J connectivity index is 1.63. The maximum Gasteiger partial charge on any atom is 0.221 e. The topological polar surface area (TPSA) is 38.3 Å². The highest BCUT2D eigenvalue weighted by atomic mass is 32.2. The molecule has 1 N–H and O–H groups in total. The van der Waals surface area contributed by atoms with E-state index in [1.807, 2.05) is 36.4 Å². The smallest absolute Gasteiger partial charge is 0.221 e. The van der Waals surface area contributed by atoms with Gasteiger partial charge in [0.1, 0.15) is 11.4 Å². The third-order valence-electron chi connectivity index (χ3n) is 5.16. The summed E-state index contributed by atoms with van der Waals surface area (Å²) in [6.45, 7) is 4.32. The van der Waals surface area contributed by atoms with Crippen molar-refractivity contribution in [1.82, 2.24) is 5.32 Å². The SMILES string of the molecule is CCC1(CC)CC(NC(=O)CCSc2ccccc2)c2ccccc2O1. The Labute approximate surface area is 160 Å². The summed E-state index contributed by atoms with van der Waals surface area (Å²) in [6.07, 6.45) is 3.22. The molecule has 1 atom stereocenters. The molecule has 1 unspecified atom stereocenters. The molecule has 4 heteroatoms. The van der Waals surface area contributed by atoms with Crippen molar-refractivity contribution in [2.45, 2.75) is 56.1 Å². The van der Waals surface area contributed by atoms with Gasteiger partial charge in [-0.1, -0.05) is 50.2 Å². The fourth-order valence-electron chi connectivity index (χ4n) is 3.47. The van der Waals surface area contributed by atoms with Crippen molar-refractivity contribution < 1.29 is 9.53 Å². The Morgan fingerprint density at radius 1 is 1.12 bits per heavy atom. The Bertz CT molecular complexity index is 728. The van der Waals surface area contributed by atoms with Crippen LogP contribution in [0.1, 0.15) is 51.1 Å². The molecule has 0 aliphatic carbocycles. The quantitative estimate of drug-likeness (QED) is 0.667. The highest BCUT2D eigenvalue weighted by molar-refractivity contribution is 7.99. The molecule has 1 aliphatic rings. The highest BCUT2D eigenvalue weighted by Gasteiger charge is 2.38. The Morgan fingerprint density at radius 3 is 2.54 bits per heavy atom. The van der Waals surface area contributed by atoms with Gasteiger partial charge in [-0.2, -0.15) is 0 Å². The van der Waals surface area contributed by atoms with Crippen LogP contribution in [0.5, 0.6) is 5.75 Å². The van der Waals surface area contributed by atoms with E-state index in [4.69, 9.17) is 4.74 Å². The Morgan fingerprint density at radius 2 is 1.81 bits per heavy atom. The van der Waals surface area contributed by atoms with Crippen molar-refractivity contribution in [2.24, 2.45) is 0 Å². The molecular weight excluding hydrogens is 342 g/mol. The molecule has 26 heavy (non-hydrogen) atoms. The number of ether oxygens (including phenoxy) is 1. The maximum atomic E-state index is 12.5. The zero-order chi connectivity index (χ0) is 18.4. The molecule has 0 spiro atoms. The first-order chi connectivity index (χ1) is 12.7. The number of para-hydroxylation sites is 1. The normalized spacial score (nSPS) is 17.8. The number of hydrogen-bond donors (Lipinski definition) is 1. The molecule has 3 nitrogen and oxygen atoms in total. The van der Waals surface area contributed by atoms with Gasteiger partial charge in [-0.25, -0.2) is 0 Å². The number of carbonyl (C=O) groups excluding carboxylic acids is 1. The summed E-state index contributed by atoms with van der Waals surface area (Å²) in [5, 5.41) is 3.25.